The molecule has 1 N–H and O–H groups in total. The minimum absolute atomic E-state index is 0.139. The standard InChI is InChI=1S/C18H34N2O2/c1-13(2)12-18(5,6)17(22)20-9-7-15(8-10-20)11-16(21)19-14(3)4/h13-15H,7-12H2,1-6H3,(H,19,21). The first-order chi connectivity index (χ1) is 10.1. The molecule has 0 aliphatic carbocycles. The number of rotatable bonds is 6. The summed E-state index contributed by atoms with van der Waals surface area (Å²) in [6, 6.07) is 0.200. The number of piperidine rings is 1. The van der Waals surface area contributed by atoms with Crippen LogP contribution in [-0.4, -0.2) is 35.8 Å². The molecular formula is C18H34N2O2. The Labute approximate surface area is 136 Å². The van der Waals surface area contributed by atoms with E-state index in [0.717, 1.165) is 32.4 Å². The molecule has 4 heteroatoms. The lowest BCUT2D eigenvalue weighted by molar-refractivity contribution is -0.142. The average Bonchev–Trinajstić information content (AvgIpc) is 2.36. The van der Waals surface area contributed by atoms with Crippen LogP contribution in [0.2, 0.25) is 0 Å². The van der Waals surface area contributed by atoms with E-state index in [0.29, 0.717) is 18.3 Å². The molecule has 22 heavy (non-hydrogen) atoms. The zero-order chi connectivity index (χ0) is 16.9. The van der Waals surface area contributed by atoms with Crippen LogP contribution in [0.4, 0.5) is 0 Å². The molecule has 1 aliphatic rings. The summed E-state index contributed by atoms with van der Waals surface area (Å²) in [6.07, 6.45) is 3.39. The fraction of sp³-hybridized carbons (Fsp3) is 0.889. The SMILES string of the molecule is CC(C)CC(C)(C)C(=O)N1CCC(CC(=O)NC(C)C)CC1. The smallest absolute Gasteiger partial charge is 0.228 e. The van der Waals surface area contributed by atoms with Gasteiger partial charge in [0.1, 0.15) is 0 Å². The third-order valence-corrected chi connectivity index (χ3v) is 4.32. The number of likely N-dealkylation sites (tertiary alicyclic amines) is 1. The quantitative estimate of drug-likeness (QED) is 0.819. The van der Waals surface area contributed by atoms with E-state index >= 15 is 0 Å². The van der Waals surface area contributed by atoms with Gasteiger partial charge >= 0.3 is 0 Å². The van der Waals surface area contributed by atoms with Crippen molar-refractivity contribution in [3.63, 3.8) is 0 Å². The summed E-state index contributed by atoms with van der Waals surface area (Å²) >= 11 is 0. The zero-order valence-electron chi connectivity index (χ0n) is 15.2. The van der Waals surface area contributed by atoms with Gasteiger partial charge in [-0.15, -0.1) is 0 Å². The maximum absolute atomic E-state index is 12.7. The van der Waals surface area contributed by atoms with Crippen molar-refractivity contribution < 1.29 is 9.59 Å². The Balaban J connectivity index is 2.45. The predicted molar refractivity (Wildman–Crippen MR) is 90.4 cm³/mol. The van der Waals surface area contributed by atoms with E-state index in [4.69, 9.17) is 0 Å². The maximum atomic E-state index is 12.7. The van der Waals surface area contributed by atoms with Gasteiger partial charge in [0.25, 0.3) is 0 Å². The maximum Gasteiger partial charge on any atom is 0.228 e. The summed E-state index contributed by atoms with van der Waals surface area (Å²) in [6.45, 7) is 14.0. The van der Waals surface area contributed by atoms with Gasteiger partial charge in [-0.3, -0.25) is 9.59 Å². The Morgan fingerprint density at radius 2 is 1.68 bits per heavy atom. The summed E-state index contributed by atoms with van der Waals surface area (Å²) in [5, 5.41) is 2.95. The highest BCUT2D eigenvalue weighted by atomic mass is 16.2. The second-order valence-electron chi connectivity index (χ2n) is 8.14. The largest absolute Gasteiger partial charge is 0.354 e. The summed E-state index contributed by atoms with van der Waals surface area (Å²) in [7, 11) is 0. The van der Waals surface area contributed by atoms with Crippen molar-refractivity contribution in [3.8, 4) is 0 Å². The van der Waals surface area contributed by atoms with Crippen molar-refractivity contribution >= 4 is 11.8 Å². The van der Waals surface area contributed by atoms with Crippen LogP contribution in [0.15, 0.2) is 0 Å². The van der Waals surface area contributed by atoms with Crippen LogP contribution in [0.25, 0.3) is 0 Å². The molecule has 0 unspecified atom stereocenters. The van der Waals surface area contributed by atoms with Crippen molar-refractivity contribution in [2.75, 3.05) is 13.1 Å². The van der Waals surface area contributed by atoms with Gasteiger partial charge in [-0.2, -0.15) is 0 Å². The first-order valence-corrected chi connectivity index (χ1v) is 8.70. The predicted octanol–water partition coefficient (Wildman–Crippen LogP) is 3.21. The molecule has 0 aromatic rings. The highest BCUT2D eigenvalue weighted by Crippen LogP contribution is 2.30. The first kappa shape index (κ1) is 19.0. The second-order valence-corrected chi connectivity index (χ2v) is 8.14. The molecule has 0 spiro atoms. The van der Waals surface area contributed by atoms with E-state index in [1.165, 1.54) is 0 Å². The lowest BCUT2D eigenvalue weighted by Crippen LogP contribution is -2.46. The molecule has 0 saturated carbocycles. The zero-order valence-corrected chi connectivity index (χ0v) is 15.2. The monoisotopic (exact) mass is 310 g/mol. The van der Waals surface area contributed by atoms with Crippen LogP contribution in [0, 0.1) is 17.3 Å². The van der Waals surface area contributed by atoms with Gasteiger partial charge in [0.2, 0.25) is 11.8 Å². The van der Waals surface area contributed by atoms with Crippen molar-refractivity contribution in [1.29, 1.82) is 0 Å². The lowest BCUT2D eigenvalue weighted by Gasteiger charge is -2.37. The number of nitrogens with one attached hydrogen (secondary N) is 1. The van der Waals surface area contributed by atoms with Gasteiger partial charge in [-0.25, -0.2) is 0 Å². The fourth-order valence-corrected chi connectivity index (χ4v) is 3.52. The molecule has 0 atom stereocenters. The van der Waals surface area contributed by atoms with E-state index in [1.807, 2.05) is 18.7 Å². The number of carbonyl (C=O) groups excluding carboxylic acids is 2. The van der Waals surface area contributed by atoms with Crippen LogP contribution in [0.5, 0.6) is 0 Å². The highest BCUT2D eigenvalue weighted by Gasteiger charge is 2.34. The van der Waals surface area contributed by atoms with Crippen LogP contribution in [-0.2, 0) is 9.59 Å². The third-order valence-electron chi connectivity index (χ3n) is 4.32. The third kappa shape index (κ3) is 5.98. The van der Waals surface area contributed by atoms with Crippen LogP contribution in [0.1, 0.15) is 67.2 Å². The molecule has 0 radical (unpaired) electrons. The molecule has 0 bridgehead atoms. The molecule has 1 fully saturated rings. The molecule has 1 rings (SSSR count). The number of amides is 2. The Morgan fingerprint density at radius 1 is 1.14 bits per heavy atom. The van der Waals surface area contributed by atoms with Crippen molar-refractivity contribution in [2.24, 2.45) is 17.3 Å². The second kappa shape index (κ2) is 7.98. The number of carbonyl (C=O) groups is 2. The van der Waals surface area contributed by atoms with E-state index < -0.39 is 0 Å². The first-order valence-electron chi connectivity index (χ1n) is 8.70. The molecule has 1 aliphatic heterocycles. The van der Waals surface area contributed by atoms with Crippen LogP contribution in [0.3, 0.4) is 0 Å². The summed E-state index contributed by atoms with van der Waals surface area (Å²) in [5.74, 6) is 1.35. The molecule has 1 saturated heterocycles. The Bertz CT molecular complexity index is 381. The molecular weight excluding hydrogens is 276 g/mol. The van der Waals surface area contributed by atoms with Gasteiger partial charge in [0.15, 0.2) is 0 Å². The topological polar surface area (TPSA) is 49.4 Å². The van der Waals surface area contributed by atoms with Gasteiger partial charge in [0.05, 0.1) is 0 Å². The number of hydrogen-bond acceptors (Lipinski definition) is 2. The molecule has 4 nitrogen and oxygen atoms in total. The minimum Gasteiger partial charge on any atom is -0.354 e. The Hall–Kier alpha value is -1.06. The lowest BCUT2D eigenvalue weighted by atomic mass is 9.81. The highest BCUT2D eigenvalue weighted by molar-refractivity contribution is 5.82. The van der Waals surface area contributed by atoms with Gasteiger partial charge < -0.3 is 10.2 Å². The Kier molecular flexibility index (Phi) is 6.89. The molecule has 0 aromatic carbocycles. The van der Waals surface area contributed by atoms with Gasteiger partial charge in [-0.1, -0.05) is 27.7 Å². The minimum atomic E-state index is -0.282. The van der Waals surface area contributed by atoms with Crippen molar-refractivity contribution in [2.45, 2.75) is 73.3 Å². The van der Waals surface area contributed by atoms with E-state index in [-0.39, 0.29) is 23.3 Å². The van der Waals surface area contributed by atoms with E-state index in [2.05, 4.69) is 33.0 Å². The molecule has 1 heterocycles. The van der Waals surface area contributed by atoms with Crippen LogP contribution < -0.4 is 5.32 Å². The fourth-order valence-electron chi connectivity index (χ4n) is 3.52. The Morgan fingerprint density at radius 3 is 2.14 bits per heavy atom. The van der Waals surface area contributed by atoms with Crippen molar-refractivity contribution in [1.82, 2.24) is 10.2 Å². The summed E-state index contributed by atoms with van der Waals surface area (Å²) in [5.41, 5.74) is -0.282. The van der Waals surface area contributed by atoms with Gasteiger partial charge in [0, 0.05) is 31.0 Å². The summed E-state index contributed by atoms with van der Waals surface area (Å²) in [4.78, 5) is 26.5. The summed E-state index contributed by atoms with van der Waals surface area (Å²) < 4.78 is 0. The molecule has 128 valence electrons. The van der Waals surface area contributed by atoms with Gasteiger partial charge in [-0.05, 0) is 44.9 Å². The van der Waals surface area contributed by atoms with E-state index in [9.17, 15) is 9.59 Å². The van der Waals surface area contributed by atoms with E-state index in [1.54, 1.807) is 0 Å². The average molecular weight is 310 g/mol. The normalized spacial score (nSPS) is 17.2. The molecule has 0 aromatic heterocycles. The number of hydrogen-bond donors (Lipinski definition) is 1. The van der Waals surface area contributed by atoms with Crippen molar-refractivity contribution in [3.05, 3.63) is 0 Å². The number of nitrogens with zero attached hydrogens (tertiary/aromatic N) is 1. The van der Waals surface area contributed by atoms with Crippen LogP contribution >= 0.6 is 0 Å². The molecule has 2 amide bonds.